The minimum atomic E-state index is -0.152. The second-order valence-electron chi connectivity index (χ2n) is 6.52. The molecule has 2 fully saturated rings. The van der Waals surface area contributed by atoms with Gasteiger partial charge in [0.15, 0.2) is 0 Å². The van der Waals surface area contributed by atoms with E-state index >= 15 is 0 Å². The van der Waals surface area contributed by atoms with Crippen LogP contribution in [0.4, 0.5) is 0 Å². The quantitative estimate of drug-likeness (QED) is 0.813. The number of rotatable bonds is 4. The Bertz CT molecular complexity index is 386. The normalized spacial score (nSPS) is 30.2. The highest BCUT2D eigenvalue weighted by molar-refractivity contribution is 7.10. The van der Waals surface area contributed by atoms with Crippen molar-refractivity contribution in [3.63, 3.8) is 0 Å². The zero-order valence-electron chi connectivity index (χ0n) is 12.3. The highest BCUT2D eigenvalue weighted by atomic mass is 32.1. The van der Waals surface area contributed by atoms with Gasteiger partial charge in [0.05, 0.1) is 6.10 Å². The molecule has 3 rings (SSSR count). The summed E-state index contributed by atoms with van der Waals surface area (Å²) in [5, 5.41) is 16.4. The summed E-state index contributed by atoms with van der Waals surface area (Å²) in [4.78, 5) is 1.47. The molecule has 0 aromatic carbocycles. The summed E-state index contributed by atoms with van der Waals surface area (Å²) in [7, 11) is 0. The van der Waals surface area contributed by atoms with Gasteiger partial charge >= 0.3 is 0 Å². The van der Waals surface area contributed by atoms with Gasteiger partial charge in [-0.2, -0.15) is 0 Å². The van der Waals surface area contributed by atoms with E-state index in [1.807, 2.05) is 11.3 Å². The van der Waals surface area contributed by atoms with Gasteiger partial charge in [-0.15, -0.1) is 11.3 Å². The van der Waals surface area contributed by atoms with Crippen molar-refractivity contribution >= 4 is 11.3 Å². The summed E-state index contributed by atoms with van der Waals surface area (Å²) in [5.41, 5.74) is 0. The summed E-state index contributed by atoms with van der Waals surface area (Å²) in [6.45, 7) is 0. The zero-order chi connectivity index (χ0) is 13.8. The Labute approximate surface area is 126 Å². The molecule has 0 radical (unpaired) electrons. The van der Waals surface area contributed by atoms with Crippen LogP contribution in [-0.2, 0) is 0 Å². The van der Waals surface area contributed by atoms with Gasteiger partial charge in [0, 0.05) is 17.0 Å². The molecule has 0 amide bonds. The molecule has 0 saturated heterocycles. The summed E-state index contributed by atoms with van der Waals surface area (Å²) >= 11 is 1.87. The van der Waals surface area contributed by atoms with Crippen LogP contribution in [0.1, 0.15) is 68.7 Å². The minimum absolute atomic E-state index is 0.152. The minimum Gasteiger partial charge on any atom is -0.392 e. The Balaban J connectivity index is 1.71. The van der Waals surface area contributed by atoms with Gasteiger partial charge in [-0.1, -0.05) is 38.2 Å². The highest BCUT2D eigenvalue weighted by Crippen LogP contribution is 2.38. The van der Waals surface area contributed by atoms with Gasteiger partial charge in [-0.3, -0.25) is 0 Å². The Hall–Kier alpha value is -0.380. The SMILES string of the molecule is OC1CCCCCC1NC(c1cccs1)C1CCCC1. The third-order valence-electron chi connectivity index (χ3n) is 5.09. The summed E-state index contributed by atoms with van der Waals surface area (Å²) in [6.07, 6.45) is 11.1. The molecule has 1 aromatic rings. The van der Waals surface area contributed by atoms with Crippen molar-refractivity contribution in [1.29, 1.82) is 0 Å². The first-order valence-corrected chi connectivity index (χ1v) is 9.20. The molecule has 2 saturated carbocycles. The number of aliphatic hydroxyl groups excluding tert-OH is 1. The fourth-order valence-corrected chi connectivity index (χ4v) is 4.80. The molecule has 1 aromatic heterocycles. The van der Waals surface area contributed by atoms with Gasteiger partial charge in [0.2, 0.25) is 0 Å². The van der Waals surface area contributed by atoms with Crippen molar-refractivity contribution in [3.8, 4) is 0 Å². The molecule has 20 heavy (non-hydrogen) atoms. The second-order valence-corrected chi connectivity index (χ2v) is 7.50. The average molecular weight is 293 g/mol. The average Bonchev–Trinajstić information content (AvgIpc) is 3.12. The van der Waals surface area contributed by atoms with Gasteiger partial charge in [0.25, 0.3) is 0 Å². The van der Waals surface area contributed by atoms with Crippen molar-refractivity contribution in [3.05, 3.63) is 22.4 Å². The van der Waals surface area contributed by atoms with Crippen LogP contribution in [0.3, 0.4) is 0 Å². The van der Waals surface area contributed by atoms with E-state index in [2.05, 4.69) is 22.8 Å². The van der Waals surface area contributed by atoms with Crippen LogP contribution in [0.5, 0.6) is 0 Å². The third-order valence-corrected chi connectivity index (χ3v) is 6.05. The van der Waals surface area contributed by atoms with E-state index in [-0.39, 0.29) is 6.10 Å². The lowest BCUT2D eigenvalue weighted by atomic mass is 9.94. The van der Waals surface area contributed by atoms with E-state index in [1.54, 1.807) is 0 Å². The third kappa shape index (κ3) is 3.44. The van der Waals surface area contributed by atoms with Crippen molar-refractivity contribution in [2.24, 2.45) is 5.92 Å². The lowest BCUT2D eigenvalue weighted by Gasteiger charge is -2.31. The molecule has 3 heteroatoms. The summed E-state index contributed by atoms with van der Waals surface area (Å²) in [5.74, 6) is 0.768. The van der Waals surface area contributed by atoms with Crippen molar-refractivity contribution in [1.82, 2.24) is 5.32 Å². The Morgan fingerprint density at radius 1 is 1.05 bits per heavy atom. The van der Waals surface area contributed by atoms with Crippen LogP contribution in [0.15, 0.2) is 17.5 Å². The molecule has 112 valence electrons. The first-order chi connectivity index (χ1) is 9.84. The molecule has 2 nitrogen and oxygen atoms in total. The first-order valence-electron chi connectivity index (χ1n) is 8.32. The topological polar surface area (TPSA) is 32.3 Å². The first kappa shape index (κ1) is 14.6. The number of aliphatic hydroxyl groups is 1. The standard InChI is InChI=1S/C17H27NOS/c19-15-10-3-1-2-9-14(15)18-17(13-7-4-5-8-13)16-11-6-12-20-16/h6,11-15,17-19H,1-5,7-10H2. The monoisotopic (exact) mass is 293 g/mol. The van der Waals surface area contributed by atoms with E-state index < -0.39 is 0 Å². The van der Waals surface area contributed by atoms with Crippen molar-refractivity contribution < 1.29 is 5.11 Å². The van der Waals surface area contributed by atoms with Crippen LogP contribution >= 0.6 is 11.3 Å². The molecule has 2 aliphatic carbocycles. The smallest absolute Gasteiger partial charge is 0.0693 e. The van der Waals surface area contributed by atoms with Gasteiger partial charge in [-0.25, -0.2) is 0 Å². The van der Waals surface area contributed by atoms with E-state index in [0.717, 1.165) is 18.8 Å². The molecule has 2 aliphatic rings. The lowest BCUT2D eigenvalue weighted by molar-refractivity contribution is 0.108. The Kier molecular flexibility index (Phi) is 5.14. The molecule has 1 heterocycles. The largest absolute Gasteiger partial charge is 0.392 e. The maximum absolute atomic E-state index is 10.4. The second kappa shape index (κ2) is 7.06. The van der Waals surface area contributed by atoms with E-state index in [9.17, 15) is 5.11 Å². The van der Waals surface area contributed by atoms with Gasteiger partial charge in [0.1, 0.15) is 0 Å². The molecule has 0 aliphatic heterocycles. The van der Waals surface area contributed by atoms with E-state index in [0.29, 0.717) is 12.1 Å². The zero-order valence-corrected chi connectivity index (χ0v) is 13.1. The molecule has 3 unspecified atom stereocenters. The Morgan fingerprint density at radius 3 is 2.55 bits per heavy atom. The lowest BCUT2D eigenvalue weighted by Crippen LogP contribution is -2.43. The van der Waals surface area contributed by atoms with Crippen LogP contribution in [0.2, 0.25) is 0 Å². The molecular formula is C17H27NOS. The van der Waals surface area contributed by atoms with Gasteiger partial charge < -0.3 is 10.4 Å². The predicted molar refractivity (Wildman–Crippen MR) is 85.0 cm³/mol. The van der Waals surface area contributed by atoms with Crippen LogP contribution < -0.4 is 5.32 Å². The summed E-state index contributed by atoms with van der Waals surface area (Å²) in [6, 6.07) is 5.19. The molecule has 2 N–H and O–H groups in total. The van der Waals surface area contributed by atoms with Crippen molar-refractivity contribution in [2.75, 3.05) is 0 Å². The van der Waals surface area contributed by atoms with E-state index in [1.165, 1.54) is 49.8 Å². The molecule has 0 bridgehead atoms. The Morgan fingerprint density at radius 2 is 1.80 bits per heavy atom. The van der Waals surface area contributed by atoms with Crippen LogP contribution in [0.25, 0.3) is 0 Å². The van der Waals surface area contributed by atoms with Gasteiger partial charge in [-0.05, 0) is 43.0 Å². The number of nitrogens with one attached hydrogen (secondary N) is 1. The van der Waals surface area contributed by atoms with Crippen molar-refractivity contribution in [2.45, 2.75) is 76.0 Å². The fourth-order valence-electron chi connectivity index (χ4n) is 3.92. The predicted octanol–water partition coefficient (Wildman–Crippen LogP) is 4.26. The molecular weight excluding hydrogens is 266 g/mol. The molecule has 0 spiro atoms. The maximum atomic E-state index is 10.4. The fraction of sp³-hybridized carbons (Fsp3) is 0.765. The number of hydrogen-bond donors (Lipinski definition) is 2. The summed E-state index contributed by atoms with van der Waals surface area (Å²) < 4.78 is 0. The number of thiophene rings is 1. The van der Waals surface area contributed by atoms with E-state index in [4.69, 9.17) is 0 Å². The molecule has 3 atom stereocenters. The van der Waals surface area contributed by atoms with Crippen LogP contribution in [0, 0.1) is 5.92 Å². The highest BCUT2D eigenvalue weighted by Gasteiger charge is 2.31. The number of hydrogen-bond acceptors (Lipinski definition) is 3. The van der Waals surface area contributed by atoms with Crippen LogP contribution in [-0.4, -0.2) is 17.3 Å². The maximum Gasteiger partial charge on any atom is 0.0693 e.